The summed E-state index contributed by atoms with van der Waals surface area (Å²) in [6, 6.07) is 17.5. The number of hydrogen-bond acceptors (Lipinski definition) is 5. The highest BCUT2D eigenvalue weighted by Crippen LogP contribution is 2.27. The molecule has 0 bridgehead atoms. The van der Waals surface area contributed by atoms with Gasteiger partial charge in [0.25, 0.3) is 5.56 Å². The molecule has 0 amide bonds. The summed E-state index contributed by atoms with van der Waals surface area (Å²) >= 11 is 0. The first-order chi connectivity index (χ1) is 14.5. The first-order valence-corrected chi connectivity index (χ1v) is 9.15. The topological polar surface area (TPSA) is 114 Å². The minimum atomic E-state index is -1.12. The van der Waals surface area contributed by atoms with E-state index >= 15 is 0 Å². The van der Waals surface area contributed by atoms with Gasteiger partial charge in [0.15, 0.2) is 6.10 Å². The summed E-state index contributed by atoms with van der Waals surface area (Å²) in [7, 11) is 0. The van der Waals surface area contributed by atoms with Gasteiger partial charge in [-0.25, -0.2) is 9.59 Å². The molecule has 1 atom stereocenters. The van der Waals surface area contributed by atoms with Crippen molar-refractivity contribution >= 4 is 33.9 Å². The fourth-order valence-corrected chi connectivity index (χ4v) is 3.13. The zero-order valence-electron chi connectivity index (χ0n) is 15.9. The number of carboxylic acids is 1. The molecule has 0 aliphatic heterocycles. The van der Waals surface area contributed by atoms with E-state index < -0.39 is 23.3 Å². The number of nitrogens with zero attached hydrogens (tertiary/aromatic N) is 2. The second-order valence-corrected chi connectivity index (χ2v) is 6.63. The van der Waals surface area contributed by atoms with Crippen molar-refractivity contribution in [1.29, 1.82) is 0 Å². The number of carboxylic acid groups (broad SMARTS) is 1. The molecule has 0 unspecified atom stereocenters. The third-order valence-corrected chi connectivity index (χ3v) is 4.67. The standard InChI is InChI=1S/C22H17N3O5/c1-13(21(27)28)30-19-11-10-14-6-2-3-7-15(14)17(19)12-23-25-20(26)16-8-4-5-9-18(16)24-22(25)29/h2-13H,1H3,(H,24,29)(H,27,28)/t13-/m1/s1. The maximum Gasteiger partial charge on any atom is 0.349 e. The Bertz CT molecular complexity index is 1420. The predicted octanol–water partition coefficient (Wildman–Crippen LogP) is 2.58. The van der Waals surface area contributed by atoms with Crippen molar-refractivity contribution in [2.45, 2.75) is 13.0 Å². The van der Waals surface area contributed by atoms with Gasteiger partial charge in [0.05, 0.1) is 17.1 Å². The Labute approximate surface area is 169 Å². The first kappa shape index (κ1) is 19.1. The van der Waals surface area contributed by atoms with Gasteiger partial charge in [0, 0.05) is 5.56 Å². The molecule has 0 radical (unpaired) electrons. The Morgan fingerprint density at radius 1 is 1.07 bits per heavy atom. The zero-order valence-corrected chi connectivity index (χ0v) is 15.9. The molecular formula is C22H17N3O5. The van der Waals surface area contributed by atoms with Gasteiger partial charge in [-0.05, 0) is 35.9 Å². The number of H-pyrrole nitrogens is 1. The third-order valence-electron chi connectivity index (χ3n) is 4.67. The van der Waals surface area contributed by atoms with Gasteiger partial charge in [0.1, 0.15) is 5.75 Å². The van der Waals surface area contributed by atoms with Crippen LogP contribution in [-0.4, -0.2) is 33.1 Å². The lowest BCUT2D eigenvalue weighted by atomic mass is 10.0. The molecule has 0 aliphatic carbocycles. The fourth-order valence-electron chi connectivity index (χ4n) is 3.13. The van der Waals surface area contributed by atoms with Gasteiger partial charge in [-0.15, -0.1) is 4.68 Å². The minimum absolute atomic E-state index is 0.276. The van der Waals surface area contributed by atoms with Crippen molar-refractivity contribution in [3.8, 4) is 5.75 Å². The van der Waals surface area contributed by atoms with Crippen LogP contribution in [0.2, 0.25) is 0 Å². The number of para-hydroxylation sites is 1. The Morgan fingerprint density at radius 2 is 1.77 bits per heavy atom. The SMILES string of the molecule is C[C@@H](Oc1ccc2ccccc2c1C=Nn1c(=O)[nH]c2ccccc2c1=O)C(=O)O. The average molecular weight is 403 g/mol. The van der Waals surface area contributed by atoms with Gasteiger partial charge in [-0.2, -0.15) is 5.10 Å². The minimum Gasteiger partial charge on any atom is -0.479 e. The summed E-state index contributed by atoms with van der Waals surface area (Å²) in [5, 5.41) is 15.2. The van der Waals surface area contributed by atoms with Crippen molar-refractivity contribution < 1.29 is 14.6 Å². The predicted molar refractivity (Wildman–Crippen MR) is 113 cm³/mol. The van der Waals surface area contributed by atoms with Crippen LogP contribution in [0.25, 0.3) is 21.7 Å². The van der Waals surface area contributed by atoms with Crippen LogP contribution in [0.5, 0.6) is 5.75 Å². The van der Waals surface area contributed by atoms with E-state index in [4.69, 9.17) is 4.74 Å². The molecule has 1 aromatic heterocycles. The molecule has 30 heavy (non-hydrogen) atoms. The van der Waals surface area contributed by atoms with Gasteiger partial charge in [-0.3, -0.25) is 4.79 Å². The van der Waals surface area contributed by atoms with E-state index in [1.807, 2.05) is 24.3 Å². The molecule has 8 nitrogen and oxygen atoms in total. The van der Waals surface area contributed by atoms with Gasteiger partial charge in [0.2, 0.25) is 0 Å². The molecule has 0 saturated carbocycles. The number of fused-ring (bicyclic) bond motifs is 2. The first-order valence-electron chi connectivity index (χ1n) is 9.15. The number of hydrogen-bond donors (Lipinski definition) is 2. The van der Waals surface area contributed by atoms with Crippen molar-refractivity contribution in [3.63, 3.8) is 0 Å². The monoisotopic (exact) mass is 403 g/mol. The number of aliphatic carboxylic acids is 1. The average Bonchev–Trinajstić information content (AvgIpc) is 2.74. The van der Waals surface area contributed by atoms with Gasteiger partial charge >= 0.3 is 11.7 Å². The van der Waals surface area contributed by atoms with Crippen molar-refractivity contribution in [3.05, 3.63) is 87.1 Å². The van der Waals surface area contributed by atoms with Crippen LogP contribution in [0.3, 0.4) is 0 Å². The summed E-state index contributed by atoms with van der Waals surface area (Å²) in [5.74, 6) is -0.842. The number of rotatable bonds is 5. The van der Waals surface area contributed by atoms with E-state index in [1.165, 1.54) is 13.1 Å². The zero-order chi connectivity index (χ0) is 21.3. The van der Waals surface area contributed by atoms with Crippen LogP contribution in [0.15, 0.2) is 75.4 Å². The van der Waals surface area contributed by atoms with E-state index in [-0.39, 0.29) is 5.75 Å². The Hall–Kier alpha value is -4.20. The molecule has 4 aromatic rings. The van der Waals surface area contributed by atoms with Crippen LogP contribution >= 0.6 is 0 Å². The van der Waals surface area contributed by atoms with E-state index in [9.17, 15) is 19.5 Å². The van der Waals surface area contributed by atoms with Crippen molar-refractivity contribution in [2.75, 3.05) is 0 Å². The van der Waals surface area contributed by atoms with Crippen molar-refractivity contribution in [1.82, 2.24) is 9.66 Å². The molecule has 0 spiro atoms. The number of nitrogens with one attached hydrogen (secondary N) is 1. The summed E-state index contributed by atoms with van der Waals surface area (Å²) in [5.41, 5.74) is -0.368. The maximum absolute atomic E-state index is 12.7. The molecule has 3 aromatic carbocycles. The third kappa shape index (κ3) is 3.46. The smallest absolute Gasteiger partial charge is 0.349 e. The number of aromatic nitrogens is 2. The van der Waals surface area contributed by atoms with Crippen LogP contribution in [0, 0.1) is 0 Å². The number of ether oxygens (including phenoxy) is 1. The number of benzene rings is 3. The van der Waals surface area contributed by atoms with Crippen molar-refractivity contribution in [2.24, 2.45) is 5.10 Å². The Morgan fingerprint density at radius 3 is 2.53 bits per heavy atom. The number of carbonyl (C=O) groups is 1. The lowest BCUT2D eigenvalue weighted by Gasteiger charge is -2.14. The van der Waals surface area contributed by atoms with E-state index in [1.54, 1.807) is 36.4 Å². The highest BCUT2D eigenvalue weighted by Gasteiger charge is 2.16. The molecule has 0 fully saturated rings. The fraction of sp³-hybridized carbons (Fsp3) is 0.0909. The maximum atomic E-state index is 12.7. The van der Waals surface area contributed by atoms with E-state index in [2.05, 4.69) is 10.1 Å². The molecule has 150 valence electrons. The summed E-state index contributed by atoms with van der Waals surface area (Å²) in [6.07, 6.45) is 0.239. The molecule has 2 N–H and O–H groups in total. The lowest BCUT2D eigenvalue weighted by molar-refractivity contribution is -0.144. The number of aromatic amines is 1. The van der Waals surface area contributed by atoms with E-state index in [0.29, 0.717) is 16.5 Å². The second-order valence-electron chi connectivity index (χ2n) is 6.63. The van der Waals surface area contributed by atoms with Crippen LogP contribution < -0.4 is 16.0 Å². The highest BCUT2D eigenvalue weighted by molar-refractivity contribution is 6.02. The van der Waals surface area contributed by atoms with Crippen LogP contribution in [-0.2, 0) is 4.79 Å². The summed E-state index contributed by atoms with van der Waals surface area (Å²) in [4.78, 5) is 38.9. The summed E-state index contributed by atoms with van der Waals surface area (Å²) < 4.78 is 6.30. The molecule has 4 rings (SSSR count). The van der Waals surface area contributed by atoms with Crippen LogP contribution in [0.4, 0.5) is 0 Å². The molecule has 0 aliphatic rings. The normalized spacial score (nSPS) is 12.4. The largest absolute Gasteiger partial charge is 0.479 e. The molecule has 1 heterocycles. The second kappa shape index (κ2) is 7.67. The molecular weight excluding hydrogens is 386 g/mol. The molecule has 8 heteroatoms. The highest BCUT2D eigenvalue weighted by atomic mass is 16.5. The Balaban J connectivity index is 1.88. The van der Waals surface area contributed by atoms with Crippen LogP contribution in [0.1, 0.15) is 12.5 Å². The van der Waals surface area contributed by atoms with Gasteiger partial charge < -0.3 is 14.8 Å². The molecule has 0 saturated heterocycles. The van der Waals surface area contributed by atoms with E-state index in [0.717, 1.165) is 15.4 Å². The summed E-state index contributed by atoms with van der Waals surface area (Å²) in [6.45, 7) is 1.41. The Kier molecular flexibility index (Phi) is 4.89. The lowest BCUT2D eigenvalue weighted by Crippen LogP contribution is -2.32. The van der Waals surface area contributed by atoms with Gasteiger partial charge in [-0.1, -0.05) is 42.5 Å². The quantitative estimate of drug-likeness (QED) is 0.497.